The van der Waals surface area contributed by atoms with Crippen molar-refractivity contribution in [1.29, 1.82) is 0 Å². The summed E-state index contributed by atoms with van der Waals surface area (Å²) in [5.74, 6) is -0.417. The number of fused-ring (bicyclic) bond motifs is 1. The van der Waals surface area contributed by atoms with Gasteiger partial charge in [0.05, 0.1) is 17.3 Å². The highest BCUT2D eigenvalue weighted by atomic mass is 35.5. The van der Waals surface area contributed by atoms with Gasteiger partial charge in [-0.3, -0.25) is 14.9 Å². The first-order valence-electron chi connectivity index (χ1n) is 13.0. The number of ether oxygens (including phenoxy) is 2. The fourth-order valence-corrected chi connectivity index (χ4v) is 4.63. The lowest BCUT2D eigenvalue weighted by Gasteiger charge is -2.26. The van der Waals surface area contributed by atoms with Crippen molar-refractivity contribution in [2.75, 3.05) is 11.5 Å². The number of carbonyl (C=O) groups excluding carboxylic acids is 3. The van der Waals surface area contributed by atoms with Crippen LogP contribution in [0.3, 0.4) is 0 Å². The number of imide groups is 2. The van der Waals surface area contributed by atoms with E-state index in [0.29, 0.717) is 41.0 Å². The number of hydrogen-bond donors (Lipinski definition) is 1. The Bertz CT molecular complexity index is 1610. The third-order valence-corrected chi connectivity index (χ3v) is 6.79. The molecule has 0 aliphatic carbocycles. The molecule has 5 rings (SSSR count). The first kappa shape index (κ1) is 27.0. The van der Waals surface area contributed by atoms with E-state index in [1.54, 1.807) is 42.5 Å². The lowest BCUT2D eigenvalue weighted by molar-refractivity contribution is -0.122. The van der Waals surface area contributed by atoms with E-state index >= 15 is 0 Å². The second-order valence-electron chi connectivity index (χ2n) is 9.27. The minimum absolute atomic E-state index is 0.191. The van der Waals surface area contributed by atoms with E-state index in [1.807, 2.05) is 42.5 Å². The number of benzene rings is 4. The molecule has 40 heavy (non-hydrogen) atoms. The molecule has 0 radical (unpaired) electrons. The molecule has 0 spiro atoms. The fourth-order valence-electron chi connectivity index (χ4n) is 4.38. The molecule has 0 saturated carbocycles. The van der Waals surface area contributed by atoms with E-state index in [2.05, 4.69) is 12.2 Å². The summed E-state index contributed by atoms with van der Waals surface area (Å²) < 4.78 is 11.6. The van der Waals surface area contributed by atoms with E-state index in [1.165, 1.54) is 6.08 Å². The molecule has 1 fully saturated rings. The standard InChI is InChI=1S/C32H27ClN2O5/c1-2-3-17-39-25-14-12-24(13-15-25)35-31(37)27(30(36)34-32(35)38)18-21-11-16-29(28(33)19-21)40-20-23-9-6-8-22-7-4-5-10-26(22)23/h4-16,18-19H,2-3,17,20H2,1H3,(H,34,36,38)/b27-18-. The lowest BCUT2D eigenvalue weighted by Crippen LogP contribution is -2.54. The normalized spacial score (nSPS) is 14.5. The third kappa shape index (κ3) is 5.84. The van der Waals surface area contributed by atoms with E-state index in [-0.39, 0.29) is 5.57 Å². The molecule has 0 unspecified atom stereocenters. The van der Waals surface area contributed by atoms with Gasteiger partial charge in [-0.15, -0.1) is 0 Å². The van der Waals surface area contributed by atoms with Gasteiger partial charge in [0.2, 0.25) is 0 Å². The molecule has 1 N–H and O–H groups in total. The molecule has 1 aliphatic rings. The van der Waals surface area contributed by atoms with Gasteiger partial charge in [0.25, 0.3) is 11.8 Å². The van der Waals surface area contributed by atoms with Gasteiger partial charge in [-0.25, -0.2) is 9.69 Å². The van der Waals surface area contributed by atoms with Crippen molar-refractivity contribution in [2.45, 2.75) is 26.4 Å². The highest BCUT2D eigenvalue weighted by molar-refractivity contribution is 6.39. The number of carbonyl (C=O) groups is 3. The third-order valence-electron chi connectivity index (χ3n) is 6.49. The molecule has 4 aromatic carbocycles. The zero-order valence-electron chi connectivity index (χ0n) is 21.9. The molecule has 202 valence electrons. The van der Waals surface area contributed by atoms with E-state index < -0.39 is 17.8 Å². The van der Waals surface area contributed by atoms with Gasteiger partial charge in [-0.1, -0.05) is 73.5 Å². The quantitative estimate of drug-likeness (QED) is 0.138. The molecule has 1 aliphatic heterocycles. The summed E-state index contributed by atoms with van der Waals surface area (Å²) in [5, 5.41) is 4.78. The molecule has 1 saturated heterocycles. The van der Waals surface area contributed by atoms with Crippen molar-refractivity contribution in [3.63, 3.8) is 0 Å². The molecular formula is C32H27ClN2O5. The summed E-state index contributed by atoms with van der Waals surface area (Å²) >= 11 is 6.50. The van der Waals surface area contributed by atoms with Crippen LogP contribution in [0.4, 0.5) is 10.5 Å². The molecule has 8 heteroatoms. The van der Waals surface area contributed by atoms with Crippen LogP contribution in [0.5, 0.6) is 11.5 Å². The number of barbiturate groups is 1. The Labute approximate surface area is 237 Å². The molecule has 7 nitrogen and oxygen atoms in total. The van der Waals surface area contributed by atoms with E-state index in [9.17, 15) is 14.4 Å². The van der Waals surface area contributed by atoms with Crippen LogP contribution in [-0.4, -0.2) is 24.5 Å². The number of nitrogens with zero attached hydrogens (tertiary/aromatic N) is 1. The van der Waals surface area contributed by atoms with Crippen molar-refractivity contribution >= 4 is 52.0 Å². The van der Waals surface area contributed by atoms with Crippen LogP contribution in [0.2, 0.25) is 5.02 Å². The number of amides is 4. The maximum atomic E-state index is 13.3. The number of rotatable bonds is 9. The van der Waals surface area contributed by atoms with Crippen LogP contribution in [-0.2, 0) is 16.2 Å². The van der Waals surface area contributed by atoms with Gasteiger partial charge in [0.15, 0.2) is 0 Å². The van der Waals surface area contributed by atoms with Crippen LogP contribution in [0.1, 0.15) is 30.9 Å². The number of halogens is 1. The second-order valence-corrected chi connectivity index (χ2v) is 9.68. The van der Waals surface area contributed by atoms with Gasteiger partial charge in [-0.05, 0) is 70.8 Å². The summed E-state index contributed by atoms with van der Waals surface area (Å²) in [4.78, 5) is 39.3. The number of anilines is 1. The lowest BCUT2D eigenvalue weighted by atomic mass is 10.1. The van der Waals surface area contributed by atoms with Crippen molar-refractivity contribution in [2.24, 2.45) is 0 Å². The van der Waals surface area contributed by atoms with Gasteiger partial charge >= 0.3 is 6.03 Å². The number of urea groups is 1. The van der Waals surface area contributed by atoms with Crippen molar-refractivity contribution in [1.82, 2.24) is 5.32 Å². The number of unbranched alkanes of at least 4 members (excludes halogenated alkanes) is 1. The summed E-state index contributed by atoms with van der Waals surface area (Å²) in [5.41, 5.74) is 1.66. The van der Waals surface area contributed by atoms with Gasteiger partial charge in [-0.2, -0.15) is 0 Å². The van der Waals surface area contributed by atoms with Crippen LogP contribution < -0.4 is 19.7 Å². The fraction of sp³-hybridized carbons (Fsp3) is 0.156. The Balaban J connectivity index is 1.32. The first-order chi connectivity index (χ1) is 19.4. The first-order valence-corrected chi connectivity index (χ1v) is 13.4. The summed E-state index contributed by atoms with van der Waals surface area (Å²) in [7, 11) is 0. The average molecular weight is 555 g/mol. The van der Waals surface area contributed by atoms with Crippen molar-refractivity contribution in [3.8, 4) is 11.5 Å². The molecule has 0 aromatic heterocycles. The molecule has 0 bridgehead atoms. The van der Waals surface area contributed by atoms with Crippen molar-refractivity contribution < 1.29 is 23.9 Å². The highest BCUT2D eigenvalue weighted by Gasteiger charge is 2.36. The predicted octanol–water partition coefficient (Wildman–Crippen LogP) is 6.92. The molecular weight excluding hydrogens is 528 g/mol. The predicted molar refractivity (Wildman–Crippen MR) is 156 cm³/mol. The SMILES string of the molecule is CCCCOc1ccc(N2C(=O)NC(=O)/C(=C/c3ccc(OCc4cccc5ccccc45)c(Cl)c3)C2=O)cc1. The molecule has 4 amide bonds. The van der Waals surface area contributed by atoms with Crippen LogP contribution in [0.15, 0.2) is 90.5 Å². The smallest absolute Gasteiger partial charge is 0.335 e. The summed E-state index contributed by atoms with van der Waals surface area (Å²) in [6.07, 6.45) is 3.34. The number of hydrogen-bond acceptors (Lipinski definition) is 5. The Morgan fingerprint density at radius 3 is 2.45 bits per heavy atom. The molecule has 0 atom stereocenters. The van der Waals surface area contributed by atoms with Crippen LogP contribution >= 0.6 is 11.6 Å². The van der Waals surface area contributed by atoms with Gasteiger partial charge < -0.3 is 9.47 Å². The Kier molecular flexibility index (Phi) is 8.12. The largest absolute Gasteiger partial charge is 0.494 e. The van der Waals surface area contributed by atoms with Crippen LogP contribution in [0.25, 0.3) is 16.8 Å². The zero-order chi connectivity index (χ0) is 28.1. The van der Waals surface area contributed by atoms with E-state index in [0.717, 1.165) is 34.1 Å². The maximum Gasteiger partial charge on any atom is 0.335 e. The van der Waals surface area contributed by atoms with Gasteiger partial charge in [0, 0.05) is 0 Å². The van der Waals surface area contributed by atoms with E-state index in [4.69, 9.17) is 21.1 Å². The Morgan fingerprint density at radius 2 is 1.68 bits per heavy atom. The number of nitrogens with one attached hydrogen (secondary N) is 1. The van der Waals surface area contributed by atoms with Gasteiger partial charge in [0.1, 0.15) is 23.7 Å². The van der Waals surface area contributed by atoms with Crippen molar-refractivity contribution in [3.05, 3.63) is 107 Å². The monoisotopic (exact) mass is 554 g/mol. The van der Waals surface area contributed by atoms with Crippen LogP contribution in [0, 0.1) is 0 Å². The summed E-state index contributed by atoms with van der Waals surface area (Å²) in [6.45, 7) is 2.97. The minimum atomic E-state index is -0.818. The maximum absolute atomic E-state index is 13.3. The zero-order valence-corrected chi connectivity index (χ0v) is 22.6. The summed E-state index contributed by atoms with van der Waals surface area (Å²) in [6, 6.07) is 24.8. The highest BCUT2D eigenvalue weighted by Crippen LogP contribution is 2.30. The Hall–Kier alpha value is -4.62. The molecule has 1 heterocycles. The second kappa shape index (κ2) is 12.1. The molecule has 4 aromatic rings. The average Bonchev–Trinajstić information content (AvgIpc) is 2.95. The Morgan fingerprint density at radius 1 is 0.900 bits per heavy atom. The topological polar surface area (TPSA) is 84.9 Å². The minimum Gasteiger partial charge on any atom is -0.494 e.